The molecule has 2 aromatic heterocycles. The molecule has 5 heteroatoms. The smallest absolute Gasteiger partial charge is 0.273 e. The molecule has 0 unspecified atom stereocenters. The fraction of sp³-hybridized carbons (Fsp3) is 0.0556. The summed E-state index contributed by atoms with van der Waals surface area (Å²) in [5.74, 6) is -0.172. The van der Waals surface area contributed by atoms with E-state index in [1.165, 1.54) is 0 Å². The van der Waals surface area contributed by atoms with Gasteiger partial charge in [-0.15, -0.1) is 0 Å². The number of aromatic nitrogens is 2. The number of hydrogen-bond acceptors (Lipinski definition) is 3. The van der Waals surface area contributed by atoms with Gasteiger partial charge in [0.2, 0.25) is 0 Å². The van der Waals surface area contributed by atoms with Gasteiger partial charge in [-0.25, -0.2) is 10.4 Å². The first-order valence-corrected chi connectivity index (χ1v) is 7.36. The Bertz CT molecular complexity index is 938. The second-order valence-corrected chi connectivity index (χ2v) is 5.36. The number of hydrazone groups is 1. The molecular weight excluding hydrogens is 288 g/mol. The van der Waals surface area contributed by atoms with Crippen molar-refractivity contribution in [1.82, 2.24) is 15.4 Å². The van der Waals surface area contributed by atoms with Crippen LogP contribution in [0.2, 0.25) is 0 Å². The van der Waals surface area contributed by atoms with Crippen molar-refractivity contribution in [3.8, 4) is 0 Å². The van der Waals surface area contributed by atoms with E-state index in [4.69, 9.17) is 0 Å². The van der Waals surface area contributed by atoms with Crippen LogP contribution in [0.4, 0.5) is 0 Å². The van der Waals surface area contributed by atoms with Crippen LogP contribution in [0.1, 0.15) is 11.1 Å². The lowest BCUT2D eigenvalue weighted by Gasteiger charge is -2.02. The van der Waals surface area contributed by atoms with Gasteiger partial charge in [0.1, 0.15) is 5.65 Å². The van der Waals surface area contributed by atoms with E-state index < -0.39 is 0 Å². The Labute approximate surface area is 132 Å². The number of nitrogens with zero attached hydrogens (tertiary/aromatic N) is 2. The molecule has 3 heterocycles. The third-order valence-electron chi connectivity index (χ3n) is 3.85. The number of hydrogen-bond donors (Lipinski definition) is 2. The SMILES string of the molecule is O=C1NN=C(Cc2ccccc2)/C1=C/c1c[nH]c2ncccc12. The quantitative estimate of drug-likeness (QED) is 0.730. The molecule has 0 atom stereocenters. The maximum absolute atomic E-state index is 12.1. The van der Waals surface area contributed by atoms with Crippen LogP contribution in [0.15, 0.2) is 65.5 Å². The number of nitrogens with one attached hydrogen (secondary N) is 2. The highest BCUT2D eigenvalue weighted by Gasteiger charge is 2.23. The summed E-state index contributed by atoms with van der Waals surface area (Å²) in [7, 11) is 0. The Morgan fingerprint density at radius 1 is 1.09 bits per heavy atom. The fourth-order valence-corrected chi connectivity index (χ4v) is 2.69. The molecule has 0 spiro atoms. The molecule has 0 saturated carbocycles. The van der Waals surface area contributed by atoms with Gasteiger partial charge >= 0.3 is 0 Å². The van der Waals surface area contributed by atoms with Gasteiger partial charge in [0.05, 0.1) is 11.3 Å². The Morgan fingerprint density at radius 3 is 2.83 bits per heavy atom. The molecule has 0 saturated heterocycles. The van der Waals surface area contributed by atoms with Crippen molar-refractivity contribution in [3.05, 3.63) is 71.6 Å². The highest BCUT2D eigenvalue weighted by molar-refractivity contribution is 6.28. The highest BCUT2D eigenvalue weighted by Crippen LogP contribution is 2.21. The van der Waals surface area contributed by atoms with Crippen LogP contribution in [0.5, 0.6) is 0 Å². The topological polar surface area (TPSA) is 70.1 Å². The number of carbonyl (C=O) groups excluding carboxylic acids is 1. The molecule has 3 aromatic rings. The second kappa shape index (κ2) is 5.53. The number of amides is 1. The standard InChI is InChI=1S/C18H14N4O/c23-18-15(10-13-11-20-17-14(13)7-4-8-19-17)16(21-22-18)9-12-5-2-1-3-6-12/h1-8,10-11H,9H2,(H,19,20)(H,22,23)/b15-10-. The van der Waals surface area contributed by atoms with Crippen LogP contribution >= 0.6 is 0 Å². The van der Waals surface area contributed by atoms with Crippen molar-refractivity contribution in [2.75, 3.05) is 0 Å². The molecule has 0 fully saturated rings. The van der Waals surface area contributed by atoms with Gasteiger partial charge in [-0.05, 0) is 23.8 Å². The van der Waals surface area contributed by atoms with E-state index in [0.717, 1.165) is 27.9 Å². The summed E-state index contributed by atoms with van der Waals surface area (Å²) >= 11 is 0. The van der Waals surface area contributed by atoms with Gasteiger partial charge in [-0.1, -0.05) is 30.3 Å². The fourth-order valence-electron chi connectivity index (χ4n) is 2.69. The Balaban J connectivity index is 1.71. The van der Waals surface area contributed by atoms with Crippen LogP contribution < -0.4 is 5.43 Å². The van der Waals surface area contributed by atoms with Crippen molar-refractivity contribution in [2.24, 2.45) is 5.10 Å². The molecule has 0 bridgehead atoms. The number of benzene rings is 1. The number of carbonyl (C=O) groups is 1. The summed E-state index contributed by atoms with van der Waals surface area (Å²) in [5.41, 5.74) is 6.76. The van der Waals surface area contributed by atoms with Crippen molar-refractivity contribution in [3.63, 3.8) is 0 Å². The summed E-state index contributed by atoms with van der Waals surface area (Å²) in [6.07, 6.45) is 6.08. The van der Waals surface area contributed by atoms with Gasteiger partial charge in [0.15, 0.2) is 0 Å². The second-order valence-electron chi connectivity index (χ2n) is 5.36. The Kier molecular flexibility index (Phi) is 3.24. The van der Waals surface area contributed by atoms with E-state index in [-0.39, 0.29) is 5.91 Å². The highest BCUT2D eigenvalue weighted by atomic mass is 16.2. The van der Waals surface area contributed by atoms with E-state index in [2.05, 4.69) is 20.5 Å². The Morgan fingerprint density at radius 2 is 1.96 bits per heavy atom. The largest absolute Gasteiger partial charge is 0.346 e. The first-order valence-electron chi connectivity index (χ1n) is 7.36. The molecule has 112 valence electrons. The molecule has 1 aromatic carbocycles. The maximum Gasteiger partial charge on any atom is 0.273 e. The average molecular weight is 302 g/mol. The molecular formula is C18H14N4O. The van der Waals surface area contributed by atoms with E-state index in [0.29, 0.717) is 12.0 Å². The molecule has 1 aliphatic rings. The molecule has 0 radical (unpaired) electrons. The van der Waals surface area contributed by atoms with Gasteiger partial charge < -0.3 is 4.98 Å². The predicted molar refractivity (Wildman–Crippen MR) is 89.8 cm³/mol. The number of H-pyrrole nitrogens is 1. The van der Waals surface area contributed by atoms with Gasteiger partial charge in [-0.2, -0.15) is 5.10 Å². The minimum absolute atomic E-state index is 0.172. The normalized spacial score (nSPS) is 15.9. The van der Waals surface area contributed by atoms with E-state index in [9.17, 15) is 4.79 Å². The predicted octanol–water partition coefficient (Wildman–Crippen LogP) is 2.67. The van der Waals surface area contributed by atoms with Crippen molar-refractivity contribution < 1.29 is 4.79 Å². The minimum Gasteiger partial charge on any atom is -0.346 e. The summed E-state index contributed by atoms with van der Waals surface area (Å²) in [5, 5.41) is 5.16. The summed E-state index contributed by atoms with van der Waals surface area (Å²) in [4.78, 5) is 19.5. The molecule has 23 heavy (non-hydrogen) atoms. The number of pyridine rings is 1. The lowest BCUT2D eigenvalue weighted by atomic mass is 10.0. The first kappa shape index (κ1) is 13.5. The number of rotatable bonds is 3. The Hall–Kier alpha value is -3.21. The summed E-state index contributed by atoms with van der Waals surface area (Å²) in [6, 6.07) is 13.8. The number of fused-ring (bicyclic) bond motifs is 1. The van der Waals surface area contributed by atoms with Gasteiger partial charge in [0.25, 0.3) is 5.91 Å². The average Bonchev–Trinajstić information content (AvgIpc) is 3.15. The third kappa shape index (κ3) is 2.53. The van der Waals surface area contributed by atoms with Gasteiger partial charge in [-0.3, -0.25) is 4.79 Å². The monoisotopic (exact) mass is 302 g/mol. The van der Waals surface area contributed by atoms with Crippen LogP contribution in [0, 0.1) is 0 Å². The first-order chi connectivity index (χ1) is 11.3. The number of aromatic amines is 1. The van der Waals surface area contributed by atoms with Crippen molar-refractivity contribution >= 4 is 28.7 Å². The lowest BCUT2D eigenvalue weighted by molar-refractivity contribution is -0.116. The zero-order valence-electron chi connectivity index (χ0n) is 12.3. The van der Waals surface area contributed by atoms with Crippen LogP contribution in [0.3, 0.4) is 0 Å². The van der Waals surface area contributed by atoms with Crippen LogP contribution in [0.25, 0.3) is 17.1 Å². The molecule has 4 rings (SSSR count). The van der Waals surface area contributed by atoms with E-state index in [1.807, 2.05) is 54.7 Å². The molecule has 5 nitrogen and oxygen atoms in total. The minimum atomic E-state index is -0.172. The third-order valence-corrected chi connectivity index (χ3v) is 3.85. The van der Waals surface area contributed by atoms with Crippen LogP contribution in [-0.4, -0.2) is 21.6 Å². The lowest BCUT2D eigenvalue weighted by Crippen LogP contribution is -2.13. The molecule has 0 aliphatic carbocycles. The molecule has 1 aliphatic heterocycles. The summed E-state index contributed by atoms with van der Waals surface area (Å²) < 4.78 is 0. The van der Waals surface area contributed by atoms with Crippen LogP contribution in [-0.2, 0) is 11.2 Å². The van der Waals surface area contributed by atoms with Crippen molar-refractivity contribution in [1.29, 1.82) is 0 Å². The molecule has 2 N–H and O–H groups in total. The van der Waals surface area contributed by atoms with E-state index >= 15 is 0 Å². The molecule has 1 amide bonds. The summed E-state index contributed by atoms with van der Waals surface area (Å²) in [6.45, 7) is 0. The zero-order chi connectivity index (χ0) is 15.6. The maximum atomic E-state index is 12.1. The van der Waals surface area contributed by atoms with Crippen molar-refractivity contribution in [2.45, 2.75) is 6.42 Å². The zero-order valence-corrected chi connectivity index (χ0v) is 12.3. The van der Waals surface area contributed by atoms with Gasteiger partial charge in [0, 0.05) is 29.8 Å². The van der Waals surface area contributed by atoms with E-state index in [1.54, 1.807) is 6.20 Å².